The fraction of sp³-hybridized carbons (Fsp3) is 0.667. The molecule has 0 saturated carbocycles. The molecule has 1 N–H and O–H groups in total. The summed E-state index contributed by atoms with van der Waals surface area (Å²) in [6.07, 6.45) is 1.65. The fourth-order valence-electron chi connectivity index (χ4n) is 1.78. The van der Waals surface area contributed by atoms with Gasteiger partial charge in [0.2, 0.25) is 0 Å². The monoisotopic (exact) mass is 283 g/mol. The highest BCUT2D eigenvalue weighted by atomic mass is 19.1. The van der Waals surface area contributed by atoms with Gasteiger partial charge in [0.1, 0.15) is 0 Å². The van der Waals surface area contributed by atoms with E-state index in [0.717, 1.165) is 0 Å². The van der Waals surface area contributed by atoms with Crippen LogP contribution in [0.4, 0.5) is 10.2 Å². The van der Waals surface area contributed by atoms with Crippen LogP contribution in [0.2, 0.25) is 0 Å². The lowest BCUT2D eigenvalue weighted by molar-refractivity contribution is 0.183. The molecule has 0 amide bonds. The second-order valence-electron chi connectivity index (χ2n) is 6.13. The lowest BCUT2D eigenvalue weighted by Gasteiger charge is -2.27. The molecule has 5 heteroatoms. The summed E-state index contributed by atoms with van der Waals surface area (Å²) in [5.41, 5.74) is 0.576. The maximum Gasteiger partial charge on any atom is 0.170 e. The molecule has 1 aromatic rings. The third-order valence-corrected chi connectivity index (χ3v) is 3.16. The molecule has 0 aromatic carbocycles. The third kappa shape index (κ3) is 4.72. The summed E-state index contributed by atoms with van der Waals surface area (Å²) in [5, 5.41) is 3.29. The van der Waals surface area contributed by atoms with Gasteiger partial charge < -0.3 is 15.0 Å². The van der Waals surface area contributed by atoms with Crippen LogP contribution in [0, 0.1) is 5.82 Å². The van der Waals surface area contributed by atoms with E-state index in [-0.39, 0.29) is 17.4 Å². The van der Waals surface area contributed by atoms with Crippen LogP contribution in [0.3, 0.4) is 0 Å². The molecule has 4 nitrogen and oxygen atoms in total. The molecule has 0 aliphatic carbocycles. The van der Waals surface area contributed by atoms with Crippen LogP contribution in [-0.2, 0) is 11.3 Å². The molecule has 0 bridgehead atoms. The Morgan fingerprint density at radius 3 is 2.65 bits per heavy atom. The van der Waals surface area contributed by atoms with Gasteiger partial charge in [-0.2, -0.15) is 0 Å². The van der Waals surface area contributed by atoms with Gasteiger partial charge in [0, 0.05) is 38.0 Å². The van der Waals surface area contributed by atoms with E-state index in [1.807, 2.05) is 14.0 Å². The Bertz CT molecular complexity index is 432. The zero-order valence-corrected chi connectivity index (χ0v) is 13.3. The van der Waals surface area contributed by atoms with Crippen LogP contribution < -0.4 is 10.2 Å². The molecule has 1 aromatic heterocycles. The highest BCUT2D eigenvalue weighted by Gasteiger charge is 2.18. The van der Waals surface area contributed by atoms with E-state index in [0.29, 0.717) is 24.5 Å². The number of likely N-dealkylation sites (N-methyl/N-ethyl adjacent to an activating group) is 1. The second-order valence-corrected chi connectivity index (χ2v) is 6.13. The Labute approximate surface area is 121 Å². The molecule has 1 atom stereocenters. The van der Waals surface area contributed by atoms with E-state index < -0.39 is 0 Å². The van der Waals surface area contributed by atoms with Crippen LogP contribution in [0.5, 0.6) is 0 Å². The highest BCUT2D eigenvalue weighted by Crippen LogP contribution is 2.20. The summed E-state index contributed by atoms with van der Waals surface area (Å²) in [5.74, 6) is 0.0949. The Balaban J connectivity index is 2.89. The number of nitrogens with zero attached hydrogens (tertiary/aromatic N) is 2. The number of aromatic nitrogens is 1. The normalized spacial score (nSPS) is 13.3. The standard InChI is InChI=1S/C15H26FN3O/c1-11(10-20-6)19(5)14-13(16)12(7-8-17-14)9-18-15(2,3)4/h7-8,11,18H,9-10H2,1-6H3. The van der Waals surface area contributed by atoms with Crippen LogP contribution in [-0.4, -0.2) is 37.3 Å². The molecule has 20 heavy (non-hydrogen) atoms. The number of anilines is 1. The first kappa shape index (κ1) is 16.9. The topological polar surface area (TPSA) is 37.4 Å². The van der Waals surface area contributed by atoms with E-state index in [1.165, 1.54) is 0 Å². The van der Waals surface area contributed by atoms with Crippen molar-refractivity contribution in [1.29, 1.82) is 0 Å². The van der Waals surface area contributed by atoms with Gasteiger partial charge in [-0.1, -0.05) is 0 Å². The van der Waals surface area contributed by atoms with Gasteiger partial charge in [-0.15, -0.1) is 0 Å². The average molecular weight is 283 g/mol. The summed E-state index contributed by atoms with van der Waals surface area (Å²) < 4.78 is 19.6. The van der Waals surface area contributed by atoms with Gasteiger partial charge in [-0.3, -0.25) is 0 Å². The lowest BCUT2D eigenvalue weighted by Crippen LogP contribution is -2.36. The number of methoxy groups -OCH3 is 1. The fourth-order valence-corrected chi connectivity index (χ4v) is 1.78. The summed E-state index contributed by atoms with van der Waals surface area (Å²) in [6, 6.07) is 1.78. The van der Waals surface area contributed by atoms with Gasteiger partial charge in [0.05, 0.1) is 12.6 Å². The molecule has 0 fully saturated rings. The van der Waals surface area contributed by atoms with Gasteiger partial charge in [-0.25, -0.2) is 9.37 Å². The van der Waals surface area contributed by atoms with Crippen LogP contribution in [0.1, 0.15) is 33.3 Å². The quantitative estimate of drug-likeness (QED) is 0.871. The second kappa shape index (κ2) is 6.99. The first-order valence-electron chi connectivity index (χ1n) is 6.86. The zero-order chi connectivity index (χ0) is 15.3. The summed E-state index contributed by atoms with van der Waals surface area (Å²) in [4.78, 5) is 5.96. The number of rotatable bonds is 6. The summed E-state index contributed by atoms with van der Waals surface area (Å²) in [6.45, 7) is 9.16. The Hall–Kier alpha value is -1.20. The third-order valence-electron chi connectivity index (χ3n) is 3.16. The largest absolute Gasteiger partial charge is 0.383 e. The molecule has 114 valence electrons. The predicted octanol–water partition coefficient (Wildman–Crippen LogP) is 2.58. The van der Waals surface area contributed by atoms with Crippen LogP contribution in [0.25, 0.3) is 0 Å². The number of hydrogen-bond acceptors (Lipinski definition) is 4. The van der Waals surface area contributed by atoms with Crippen LogP contribution >= 0.6 is 0 Å². The van der Waals surface area contributed by atoms with Gasteiger partial charge in [0.25, 0.3) is 0 Å². The van der Waals surface area contributed by atoms with Crippen molar-refractivity contribution >= 4 is 5.82 Å². The number of hydrogen-bond donors (Lipinski definition) is 1. The van der Waals surface area contributed by atoms with E-state index in [2.05, 4.69) is 31.1 Å². The van der Waals surface area contributed by atoms with E-state index in [1.54, 1.807) is 24.3 Å². The van der Waals surface area contributed by atoms with Crippen LogP contribution in [0.15, 0.2) is 12.3 Å². The molecule has 0 aliphatic rings. The van der Waals surface area contributed by atoms with Crippen molar-refractivity contribution in [1.82, 2.24) is 10.3 Å². The highest BCUT2D eigenvalue weighted by molar-refractivity contribution is 5.43. The maximum absolute atomic E-state index is 14.5. The molecule has 1 rings (SSSR count). The molecular weight excluding hydrogens is 257 g/mol. The molecule has 0 radical (unpaired) electrons. The number of pyridine rings is 1. The van der Waals surface area contributed by atoms with Gasteiger partial charge in [-0.05, 0) is 33.8 Å². The molecule has 0 saturated heterocycles. The molecule has 1 heterocycles. The Morgan fingerprint density at radius 1 is 1.45 bits per heavy atom. The van der Waals surface area contributed by atoms with Gasteiger partial charge >= 0.3 is 0 Å². The molecule has 0 spiro atoms. The van der Waals surface area contributed by atoms with Crippen molar-refractivity contribution in [2.24, 2.45) is 0 Å². The smallest absolute Gasteiger partial charge is 0.170 e. The predicted molar refractivity (Wildman–Crippen MR) is 80.5 cm³/mol. The van der Waals surface area contributed by atoms with Crippen molar-refractivity contribution in [2.75, 3.05) is 25.7 Å². The minimum absolute atomic E-state index is 0.0505. The first-order valence-corrected chi connectivity index (χ1v) is 6.86. The van der Waals surface area contributed by atoms with E-state index in [4.69, 9.17) is 4.74 Å². The molecular formula is C15H26FN3O. The van der Waals surface area contributed by atoms with Crippen molar-refractivity contribution in [3.63, 3.8) is 0 Å². The Morgan fingerprint density at radius 2 is 2.10 bits per heavy atom. The van der Waals surface area contributed by atoms with Crippen molar-refractivity contribution in [2.45, 2.75) is 45.8 Å². The van der Waals surface area contributed by atoms with E-state index >= 15 is 0 Å². The minimum atomic E-state index is -0.269. The zero-order valence-electron chi connectivity index (χ0n) is 13.3. The first-order chi connectivity index (χ1) is 9.26. The maximum atomic E-state index is 14.5. The average Bonchev–Trinajstić information content (AvgIpc) is 2.36. The summed E-state index contributed by atoms with van der Waals surface area (Å²) >= 11 is 0. The minimum Gasteiger partial charge on any atom is -0.383 e. The molecule has 0 aliphatic heterocycles. The number of ether oxygens (including phenoxy) is 1. The van der Waals surface area contributed by atoms with Crippen molar-refractivity contribution in [3.05, 3.63) is 23.6 Å². The summed E-state index contributed by atoms with van der Waals surface area (Å²) in [7, 11) is 3.47. The van der Waals surface area contributed by atoms with Crippen molar-refractivity contribution in [3.8, 4) is 0 Å². The van der Waals surface area contributed by atoms with Gasteiger partial charge in [0.15, 0.2) is 11.6 Å². The van der Waals surface area contributed by atoms with Crippen molar-refractivity contribution < 1.29 is 9.13 Å². The lowest BCUT2D eigenvalue weighted by atomic mass is 10.1. The number of halogens is 1. The Kier molecular flexibility index (Phi) is 5.89. The number of nitrogens with one attached hydrogen (secondary N) is 1. The van der Waals surface area contributed by atoms with E-state index in [9.17, 15) is 4.39 Å². The SMILES string of the molecule is COCC(C)N(C)c1nccc(CNC(C)(C)C)c1F. The molecule has 1 unspecified atom stereocenters.